The summed E-state index contributed by atoms with van der Waals surface area (Å²) in [5.41, 5.74) is 1.19. The van der Waals surface area contributed by atoms with Gasteiger partial charge in [0, 0.05) is 24.0 Å². The molecule has 0 unspecified atom stereocenters. The minimum Gasteiger partial charge on any atom is -0.348 e. The average Bonchev–Trinajstić information content (AvgIpc) is 2.59. The Morgan fingerprint density at radius 2 is 1.88 bits per heavy atom. The summed E-state index contributed by atoms with van der Waals surface area (Å²) < 4.78 is 0. The van der Waals surface area contributed by atoms with E-state index in [4.69, 9.17) is 0 Å². The predicted octanol–water partition coefficient (Wildman–Crippen LogP) is 2.29. The van der Waals surface area contributed by atoms with E-state index in [9.17, 15) is 0 Å². The third-order valence-corrected chi connectivity index (χ3v) is 4.62. The normalized spacial score (nSPS) is 18.4. The van der Waals surface area contributed by atoms with Crippen molar-refractivity contribution >= 4 is 16.5 Å². The van der Waals surface area contributed by atoms with Crippen LogP contribution < -0.4 is 4.90 Å². The zero-order valence-electron chi connectivity index (χ0n) is 10.7. The second-order valence-corrected chi connectivity index (χ2v) is 6.00. The van der Waals surface area contributed by atoms with Crippen LogP contribution in [-0.4, -0.2) is 43.1 Å². The molecule has 1 aliphatic rings. The number of piperidine rings is 1. The molecule has 1 saturated heterocycles. The van der Waals surface area contributed by atoms with E-state index in [-0.39, 0.29) is 0 Å². The summed E-state index contributed by atoms with van der Waals surface area (Å²) in [4.78, 5) is 10.8. The monoisotopic (exact) mass is 239 g/mol. The van der Waals surface area contributed by atoms with Gasteiger partial charge in [0.1, 0.15) is 0 Å². The van der Waals surface area contributed by atoms with Gasteiger partial charge in [-0.05, 0) is 40.8 Å². The number of hydrogen-bond donors (Lipinski definition) is 0. The molecule has 0 radical (unpaired) electrons. The Morgan fingerprint density at radius 1 is 1.25 bits per heavy atom. The maximum Gasteiger partial charge on any atom is 0.185 e. The lowest BCUT2D eigenvalue weighted by atomic mass is 10.0. The fourth-order valence-corrected chi connectivity index (χ4v) is 3.13. The third kappa shape index (κ3) is 2.38. The van der Waals surface area contributed by atoms with Gasteiger partial charge < -0.3 is 9.80 Å². The van der Waals surface area contributed by atoms with Crippen LogP contribution >= 0.6 is 11.3 Å². The fourth-order valence-electron chi connectivity index (χ4n) is 2.16. The smallest absolute Gasteiger partial charge is 0.185 e. The van der Waals surface area contributed by atoms with E-state index in [0.29, 0.717) is 0 Å². The summed E-state index contributed by atoms with van der Waals surface area (Å²) in [6.07, 6.45) is 2.51. The van der Waals surface area contributed by atoms with Crippen LogP contribution in [0.25, 0.3) is 0 Å². The van der Waals surface area contributed by atoms with Gasteiger partial charge in [-0.25, -0.2) is 4.98 Å². The van der Waals surface area contributed by atoms with Crippen molar-refractivity contribution in [3.8, 4) is 0 Å². The van der Waals surface area contributed by atoms with Crippen LogP contribution in [-0.2, 0) is 0 Å². The Balaban J connectivity index is 1.99. The van der Waals surface area contributed by atoms with Gasteiger partial charge in [-0.2, -0.15) is 0 Å². The first-order chi connectivity index (χ1) is 7.58. The van der Waals surface area contributed by atoms with E-state index < -0.39 is 0 Å². The molecule has 0 spiro atoms. The van der Waals surface area contributed by atoms with Gasteiger partial charge in [0.15, 0.2) is 5.13 Å². The van der Waals surface area contributed by atoms with E-state index in [2.05, 4.69) is 42.7 Å². The standard InChI is InChI=1S/C12H21N3S/c1-9-10(2)16-12(13-9)15-7-5-11(6-8-15)14(3)4/h11H,5-8H2,1-4H3. The van der Waals surface area contributed by atoms with Crippen LogP contribution in [0.15, 0.2) is 0 Å². The molecule has 0 saturated carbocycles. The lowest BCUT2D eigenvalue weighted by Crippen LogP contribution is -2.41. The van der Waals surface area contributed by atoms with E-state index in [1.807, 2.05) is 11.3 Å². The lowest BCUT2D eigenvalue weighted by molar-refractivity contribution is 0.249. The minimum atomic E-state index is 0.749. The number of nitrogens with zero attached hydrogens (tertiary/aromatic N) is 3. The molecule has 0 atom stereocenters. The van der Waals surface area contributed by atoms with Crippen LogP contribution in [0.4, 0.5) is 5.13 Å². The largest absolute Gasteiger partial charge is 0.348 e. The number of aromatic nitrogens is 1. The molecule has 16 heavy (non-hydrogen) atoms. The maximum atomic E-state index is 4.63. The second kappa shape index (κ2) is 4.72. The van der Waals surface area contributed by atoms with Gasteiger partial charge >= 0.3 is 0 Å². The highest BCUT2D eigenvalue weighted by molar-refractivity contribution is 7.15. The molecule has 1 aromatic rings. The van der Waals surface area contributed by atoms with Gasteiger partial charge in [0.2, 0.25) is 0 Å². The quantitative estimate of drug-likeness (QED) is 0.789. The molecular formula is C12H21N3S. The van der Waals surface area contributed by atoms with Crippen LogP contribution in [0, 0.1) is 13.8 Å². The molecule has 0 amide bonds. The summed E-state index contributed by atoms with van der Waals surface area (Å²) in [5.74, 6) is 0. The van der Waals surface area contributed by atoms with Crippen molar-refractivity contribution in [2.45, 2.75) is 32.7 Å². The highest BCUT2D eigenvalue weighted by Crippen LogP contribution is 2.28. The second-order valence-electron chi connectivity index (χ2n) is 4.82. The van der Waals surface area contributed by atoms with Crippen LogP contribution in [0.5, 0.6) is 0 Å². The highest BCUT2D eigenvalue weighted by Gasteiger charge is 2.22. The zero-order valence-corrected chi connectivity index (χ0v) is 11.5. The highest BCUT2D eigenvalue weighted by atomic mass is 32.1. The van der Waals surface area contributed by atoms with Crippen molar-refractivity contribution in [3.63, 3.8) is 0 Å². The molecule has 0 N–H and O–H groups in total. The van der Waals surface area contributed by atoms with E-state index >= 15 is 0 Å². The van der Waals surface area contributed by atoms with Crippen LogP contribution in [0.1, 0.15) is 23.4 Å². The van der Waals surface area contributed by atoms with Gasteiger partial charge in [-0.1, -0.05) is 0 Å². The molecule has 90 valence electrons. The summed E-state index contributed by atoms with van der Waals surface area (Å²) in [7, 11) is 4.36. The molecule has 0 bridgehead atoms. The van der Waals surface area contributed by atoms with Gasteiger partial charge in [-0.15, -0.1) is 11.3 Å². The Morgan fingerprint density at radius 3 is 2.31 bits per heavy atom. The van der Waals surface area contributed by atoms with E-state index in [1.54, 1.807) is 0 Å². The van der Waals surface area contributed by atoms with E-state index in [0.717, 1.165) is 19.1 Å². The third-order valence-electron chi connectivity index (χ3n) is 3.48. The Hall–Kier alpha value is -0.610. The van der Waals surface area contributed by atoms with Crippen molar-refractivity contribution in [2.24, 2.45) is 0 Å². The summed E-state index contributed by atoms with van der Waals surface area (Å²) in [5, 5.41) is 1.22. The maximum absolute atomic E-state index is 4.63. The zero-order chi connectivity index (χ0) is 11.7. The average molecular weight is 239 g/mol. The molecule has 2 heterocycles. The molecular weight excluding hydrogens is 218 g/mol. The SMILES string of the molecule is Cc1nc(N2CCC(N(C)C)CC2)sc1C. The van der Waals surface area contributed by atoms with Gasteiger partial charge in [0.05, 0.1) is 5.69 Å². The first kappa shape index (κ1) is 11.9. The minimum absolute atomic E-state index is 0.749. The number of thiazole rings is 1. The number of aryl methyl sites for hydroxylation is 2. The van der Waals surface area contributed by atoms with Crippen molar-refractivity contribution in [3.05, 3.63) is 10.6 Å². The van der Waals surface area contributed by atoms with Gasteiger partial charge in [-0.3, -0.25) is 0 Å². The Labute approximate surface area is 102 Å². The topological polar surface area (TPSA) is 19.4 Å². The molecule has 1 fully saturated rings. The fraction of sp³-hybridized carbons (Fsp3) is 0.750. The molecule has 0 aromatic carbocycles. The molecule has 2 rings (SSSR count). The first-order valence-electron chi connectivity index (χ1n) is 5.93. The van der Waals surface area contributed by atoms with Crippen LogP contribution in [0.2, 0.25) is 0 Å². The van der Waals surface area contributed by atoms with Crippen molar-refractivity contribution in [2.75, 3.05) is 32.1 Å². The van der Waals surface area contributed by atoms with Crippen molar-refractivity contribution in [1.29, 1.82) is 0 Å². The molecule has 1 aromatic heterocycles. The molecule has 1 aliphatic heterocycles. The summed E-state index contributed by atoms with van der Waals surface area (Å²) in [6.45, 7) is 6.55. The summed E-state index contributed by atoms with van der Waals surface area (Å²) >= 11 is 1.83. The van der Waals surface area contributed by atoms with Crippen molar-refractivity contribution < 1.29 is 0 Å². The van der Waals surface area contributed by atoms with E-state index in [1.165, 1.54) is 28.5 Å². The molecule has 3 nitrogen and oxygen atoms in total. The number of hydrogen-bond acceptors (Lipinski definition) is 4. The first-order valence-corrected chi connectivity index (χ1v) is 6.75. The molecule has 0 aliphatic carbocycles. The molecule has 4 heteroatoms. The summed E-state index contributed by atoms with van der Waals surface area (Å²) in [6, 6.07) is 0.749. The van der Waals surface area contributed by atoms with Gasteiger partial charge in [0.25, 0.3) is 0 Å². The Kier molecular flexibility index (Phi) is 3.50. The number of anilines is 1. The lowest BCUT2D eigenvalue weighted by Gasteiger charge is -2.35. The Bertz CT molecular complexity index is 332. The number of rotatable bonds is 2. The predicted molar refractivity (Wildman–Crippen MR) is 70.5 cm³/mol. The van der Waals surface area contributed by atoms with Crippen molar-refractivity contribution in [1.82, 2.24) is 9.88 Å². The van der Waals surface area contributed by atoms with Crippen LogP contribution in [0.3, 0.4) is 0 Å².